The van der Waals surface area contributed by atoms with E-state index in [2.05, 4.69) is 20.1 Å². The highest BCUT2D eigenvalue weighted by molar-refractivity contribution is 5.90. The van der Waals surface area contributed by atoms with Gasteiger partial charge >= 0.3 is 6.18 Å². The monoisotopic (exact) mass is 395 g/mol. The number of nitrogens with one attached hydrogen (secondary N) is 1. The molecule has 1 aromatic carbocycles. The molecule has 1 aliphatic heterocycles. The van der Waals surface area contributed by atoms with Gasteiger partial charge in [0.15, 0.2) is 0 Å². The summed E-state index contributed by atoms with van der Waals surface area (Å²) in [6, 6.07) is 5.52. The van der Waals surface area contributed by atoms with Crippen molar-refractivity contribution >= 4 is 5.91 Å². The van der Waals surface area contributed by atoms with Crippen molar-refractivity contribution in [3.05, 3.63) is 47.5 Å². The molecule has 0 radical (unpaired) electrons. The van der Waals surface area contributed by atoms with E-state index in [1.807, 2.05) is 0 Å². The first-order valence-electron chi connectivity index (χ1n) is 9.32. The third kappa shape index (κ3) is 5.31. The number of carbonyl (C=O) groups is 1. The van der Waals surface area contributed by atoms with E-state index in [9.17, 15) is 18.0 Å². The minimum atomic E-state index is -4.31. The van der Waals surface area contributed by atoms with Crippen molar-refractivity contribution in [1.29, 1.82) is 0 Å². The predicted molar refractivity (Wildman–Crippen MR) is 97.7 cm³/mol. The first-order valence-corrected chi connectivity index (χ1v) is 9.32. The number of aromatic nitrogens is 3. The van der Waals surface area contributed by atoms with E-state index in [0.29, 0.717) is 31.0 Å². The molecule has 1 amide bonds. The van der Waals surface area contributed by atoms with Crippen LogP contribution in [-0.4, -0.2) is 64.1 Å². The summed E-state index contributed by atoms with van der Waals surface area (Å²) in [6.45, 7) is 3.07. The van der Waals surface area contributed by atoms with Crippen LogP contribution in [0.25, 0.3) is 0 Å². The Balaban J connectivity index is 1.50. The van der Waals surface area contributed by atoms with E-state index in [0.717, 1.165) is 32.0 Å². The summed E-state index contributed by atoms with van der Waals surface area (Å²) in [5.74, 6) is 0.352. The zero-order valence-electron chi connectivity index (χ0n) is 15.7. The number of aromatic amines is 1. The number of hydrogen-bond acceptors (Lipinski definition) is 4. The van der Waals surface area contributed by atoms with Crippen molar-refractivity contribution in [2.45, 2.75) is 25.4 Å². The van der Waals surface area contributed by atoms with Gasteiger partial charge in [-0.3, -0.25) is 9.89 Å². The average Bonchev–Trinajstić information content (AvgIpc) is 3.20. The number of rotatable bonds is 6. The molecule has 3 rings (SSSR count). The Bertz CT molecular complexity index is 778. The Kier molecular flexibility index (Phi) is 6.33. The highest BCUT2D eigenvalue weighted by atomic mass is 19.4. The van der Waals surface area contributed by atoms with Crippen LogP contribution in [0.3, 0.4) is 0 Å². The first kappa shape index (κ1) is 20.3. The topological polar surface area (TPSA) is 65.1 Å². The fourth-order valence-corrected chi connectivity index (χ4v) is 3.65. The molecule has 1 fully saturated rings. The zero-order chi connectivity index (χ0) is 20.1. The third-order valence-electron chi connectivity index (χ3n) is 5.07. The van der Waals surface area contributed by atoms with Crippen molar-refractivity contribution in [1.82, 2.24) is 25.0 Å². The smallest absolute Gasteiger partial charge is 0.339 e. The number of alkyl halides is 3. The average molecular weight is 395 g/mol. The maximum Gasteiger partial charge on any atom is 0.416 e. The molecule has 152 valence electrons. The van der Waals surface area contributed by atoms with Crippen molar-refractivity contribution in [3.8, 4) is 0 Å². The van der Waals surface area contributed by atoms with Crippen molar-refractivity contribution < 1.29 is 18.0 Å². The Hall–Kier alpha value is -2.42. The van der Waals surface area contributed by atoms with Crippen molar-refractivity contribution in [3.63, 3.8) is 0 Å². The largest absolute Gasteiger partial charge is 0.416 e. The number of H-pyrrole nitrogens is 1. The molecular weight excluding hydrogens is 371 g/mol. The Morgan fingerprint density at radius 2 is 2.21 bits per heavy atom. The summed E-state index contributed by atoms with van der Waals surface area (Å²) in [5.41, 5.74) is 0.0867. The van der Waals surface area contributed by atoms with Crippen LogP contribution in [0.1, 0.15) is 34.6 Å². The summed E-state index contributed by atoms with van der Waals surface area (Å²) >= 11 is 0. The second-order valence-electron chi connectivity index (χ2n) is 7.28. The van der Waals surface area contributed by atoms with Crippen LogP contribution in [0.5, 0.6) is 0 Å². The van der Waals surface area contributed by atoms with Crippen LogP contribution < -0.4 is 0 Å². The van der Waals surface area contributed by atoms with Gasteiger partial charge in [0, 0.05) is 26.7 Å². The van der Waals surface area contributed by atoms with Crippen molar-refractivity contribution in [2.75, 3.05) is 33.2 Å². The van der Waals surface area contributed by atoms with E-state index in [1.165, 1.54) is 18.5 Å². The molecular formula is C19H24F3N5O. The van der Waals surface area contributed by atoms with Gasteiger partial charge in [-0.1, -0.05) is 18.2 Å². The van der Waals surface area contributed by atoms with E-state index in [4.69, 9.17) is 0 Å². The molecule has 6 nitrogen and oxygen atoms in total. The minimum Gasteiger partial charge on any atom is -0.339 e. The number of likely N-dealkylation sites (tertiary alicyclic amines) is 1. The van der Waals surface area contributed by atoms with E-state index in [-0.39, 0.29) is 11.7 Å². The maximum atomic E-state index is 12.8. The first-order chi connectivity index (χ1) is 13.3. The van der Waals surface area contributed by atoms with E-state index < -0.39 is 11.7 Å². The number of nitrogens with zero attached hydrogens (tertiary/aromatic N) is 4. The van der Waals surface area contributed by atoms with Crippen LogP contribution >= 0.6 is 0 Å². The second-order valence-corrected chi connectivity index (χ2v) is 7.28. The Morgan fingerprint density at radius 1 is 1.39 bits per heavy atom. The number of hydrogen-bond donors (Lipinski definition) is 1. The van der Waals surface area contributed by atoms with Crippen LogP contribution in [0, 0.1) is 5.92 Å². The molecule has 2 aromatic rings. The fourth-order valence-electron chi connectivity index (χ4n) is 3.65. The van der Waals surface area contributed by atoms with Crippen LogP contribution in [0.4, 0.5) is 13.2 Å². The Labute approximate surface area is 161 Å². The lowest BCUT2D eigenvalue weighted by Gasteiger charge is -2.34. The third-order valence-corrected chi connectivity index (χ3v) is 5.07. The molecule has 0 saturated carbocycles. The summed E-state index contributed by atoms with van der Waals surface area (Å²) in [6.07, 6.45) is -0.404. The molecule has 1 N–H and O–H groups in total. The SMILES string of the molecule is CN(CC1CCCN(CCc2cccc(C(F)(F)F)c2)C1)C(=O)c1ncn[nH]1. The molecule has 1 saturated heterocycles. The maximum absolute atomic E-state index is 12.8. The van der Waals surface area contributed by atoms with Gasteiger partial charge in [0.1, 0.15) is 6.33 Å². The molecule has 1 aliphatic rings. The molecule has 1 unspecified atom stereocenters. The number of halogens is 3. The summed E-state index contributed by atoms with van der Waals surface area (Å²) in [5, 5.41) is 6.27. The van der Waals surface area contributed by atoms with Gasteiger partial charge in [-0.25, -0.2) is 4.98 Å². The lowest BCUT2D eigenvalue weighted by atomic mass is 9.97. The van der Waals surface area contributed by atoms with E-state index in [1.54, 1.807) is 18.0 Å². The summed E-state index contributed by atoms with van der Waals surface area (Å²) < 4.78 is 38.5. The number of piperidine rings is 1. The Morgan fingerprint density at radius 3 is 2.93 bits per heavy atom. The zero-order valence-corrected chi connectivity index (χ0v) is 15.7. The number of benzene rings is 1. The van der Waals surface area contributed by atoms with Gasteiger partial charge in [0.05, 0.1) is 5.56 Å². The van der Waals surface area contributed by atoms with Gasteiger partial charge < -0.3 is 9.80 Å². The van der Waals surface area contributed by atoms with Gasteiger partial charge in [0.25, 0.3) is 5.91 Å². The highest BCUT2D eigenvalue weighted by Gasteiger charge is 2.30. The molecule has 0 aliphatic carbocycles. The number of carbonyl (C=O) groups excluding carboxylic acids is 1. The predicted octanol–water partition coefficient (Wildman–Crippen LogP) is 2.85. The standard InChI is InChI=1S/C19H24F3N5O/c1-26(18(28)17-23-13-24-25-17)11-15-5-3-8-27(12-15)9-7-14-4-2-6-16(10-14)19(20,21)22/h2,4,6,10,13,15H,3,5,7-9,11-12H2,1H3,(H,23,24,25). The lowest BCUT2D eigenvalue weighted by molar-refractivity contribution is -0.137. The van der Waals surface area contributed by atoms with Gasteiger partial charge in [0.2, 0.25) is 5.82 Å². The minimum absolute atomic E-state index is 0.196. The molecule has 2 heterocycles. The molecule has 0 spiro atoms. The molecule has 1 atom stereocenters. The van der Waals surface area contributed by atoms with Crippen LogP contribution in [0.2, 0.25) is 0 Å². The van der Waals surface area contributed by atoms with Gasteiger partial charge in [-0.05, 0) is 43.4 Å². The lowest BCUT2D eigenvalue weighted by Crippen LogP contribution is -2.42. The molecule has 1 aromatic heterocycles. The van der Waals surface area contributed by atoms with E-state index >= 15 is 0 Å². The summed E-state index contributed by atoms with van der Waals surface area (Å²) in [7, 11) is 1.74. The van der Waals surface area contributed by atoms with Crippen molar-refractivity contribution in [2.24, 2.45) is 5.92 Å². The quantitative estimate of drug-likeness (QED) is 0.817. The molecule has 0 bridgehead atoms. The summed E-state index contributed by atoms with van der Waals surface area (Å²) in [4.78, 5) is 20.1. The van der Waals surface area contributed by atoms with Crippen LogP contribution in [-0.2, 0) is 12.6 Å². The normalized spacial score (nSPS) is 18.2. The fraction of sp³-hybridized carbons (Fsp3) is 0.526. The van der Waals surface area contributed by atoms with Gasteiger partial charge in [-0.15, -0.1) is 0 Å². The molecule has 9 heteroatoms. The van der Waals surface area contributed by atoms with Gasteiger partial charge in [-0.2, -0.15) is 18.3 Å². The highest BCUT2D eigenvalue weighted by Crippen LogP contribution is 2.29. The van der Waals surface area contributed by atoms with Crippen LogP contribution in [0.15, 0.2) is 30.6 Å². The number of amides is 1. The second kappa shape index (κ2) is 8.72. The molecule has 28 heavy (non-hydrogen) atoms.